The highest BCUT2D eigenvalue weighted by molar-refractivity contribution is 6.00. The number of fused-ring (bicyclic) bond motifs is 2. The van der Waals surface area contributed by atoms with Crippen molar-refractivity contribution in [1.29, 1.82) is 0 Å². The lowest BCUT2D eigenvalue weighted by Crippen LogP contribution is -2.55. The molecule has 1 amide bonds. The maximum Gasteiger partial charge on any atom is 0.410 e. The van der Waals surface area contributed by atoms with Crippen LogP contribution in [0.25, 0.3) is 0 Å². The quantitative estimate of drug-likeness (QED) is 0.543. The van der Waals surface area contributed by atoms with E-state index in [2.05, 4.69) is 4.74 Å². The van der Waals surface area contributed by atoms with E-state index in [-0.39, 0.29) is 30.0 Å². The summed E-state index contributed by atoms with van der Waals surface area (Å²) >= 11 is 0. The van der Waals surface area contributed by atoms with E-state index < -0.39 is 30.2 Å². The minimum atomic E-state index is -3.16. The van der Waals surface area contributed by atoms with Crippen molar-refractivity contribution in [2.45, 2.75) is 57.4 Å². The SMILES string of the molecule is O=C(c1ccc(F)cc1OC(F)F)C1CC2CCCC(C1)N2C(=O)OCc1ccccc1. The molecule has 0 N–H and O–H groups in total. The topological polar surface area (TPSA) is 55.8 Å². The largest absolute Gasteiger partial charge is 0.445 e. The van der Waals surface area contributed by atoms with Crippen LogP contribution in [0.4, 0.5) is 18.0 Å². The third kappa shape index (κ3) is 4.89. The molecule has 4 rings (SSSR count). The molecule has 170 valence electrons. The van der Waals surface area contributed by atoms with Crippen LogP contribution in [-0.4, -0.2) is 35.5 Å². The van der Waals surface area contributed by atoms with Crippen LogP contribution < -0.4 is 4.74 Å². The Labute approximate surface area is 184 Å². The van der Waals surface area contributed by atoms with Gasteiger partial charge in [0.1, 0.15) is 18.2 Å². The number of halogens is 3. The number of piperidine rings is 2. The second-order valence-electron chi connectivity index (χ2n) is 8.24. The Balaban J connectivity index is 1.46. The van der Waals surface area contributed by atoms with Crippen molar-refractivity contribution in [2.75, 3.05) is 0 Å². The van der Waals surface area contributed by atoms with Crippen LogP contribution in [0.1, 0.15) is 48.0 Å². The molecular formula is C24H24F3NO4. The lowest BCUT2D eigenvalue weighted by molar-refractivity contribution is -0.0504. The third-order valence-electron chi connectivity index (χ3n) is 6.19. The molecule has 0 aromatic heterocycles. The summed E-state index contributed by atoms with van der Waals surface area (Å²) < 4.78 is 48.9. The third-order valence-corrected chi connectivity index (χ3v) is 6.19. The first kappa shape index (κ1) is 22.2. The molecule has 0 saturated carbocycles. The van der Waals surface area contributed by atoms with Crippen molar-refractivity contribution in [3.05, 3.63) is 65.5 Å². The van der Waals surface area contributed by atoms with E-state index in [1.54, 1.807) is 4.90 Å². The summed E-state index contributed by atoms with van der Waals surface area (Å²) in [4.78, 5) is 27.7. The number of rotatable bonds is 6. The van der Waals surface area contributed by atoms with Gasteiger partial charge < -0.3 is 14.4 Å². The molecular weight excluding hydrogens is 423 g/mol. The fourth-order valence-electron chi connectivity index (χ4n) is 4.80. The Kier molecular flexibility index (Phi) is 6.67. The summed E-state index contributed by atoms with van der Waals surface area (Å²) in [6, 6.07) is 12.1. The van der Waals surface area contributed by atoms with Crippen LogP contribution in [-0.2, 0) is 11.3 Å². The van der Waals surface area contributed by atoms with Gasteiger partial charge in [-0.2, -0.15) is 8.78 Å². The molecule has 32 heavy (non-hydrogen) atoms. The zero-order valence-corrected chi connectivity index (χ0v) is 17.4. The number of benzene rings is 2. The maximum atomic E-state index is 13.5. The molecule has 2 aromatic carbocycles. The van der Waals surface area contributed by atoms with E-state index in [9.17, 15) is 22.8 Å². The van der Waals surface area contributed by atoms with Crippen molar-refractivity contribution in [3.8, 4) is 5.75 Å². The molecule has 2 aliphatic heterocycles. The van der Waals surface area contributed by atoms with Crippen molar-refractivity contribution in [3.63, 3.8) is 0 Å². The van der Waals surface area contributed by atoms with Crippen molar-refractivity contribution in [1.82, 2.24) is 4.90 Å². The number of ether oxygens (including phenoxy) is 2. The van der Waals surface area contributed by atoms with Gasteiger partial charge in [-0.3, -0.25) is 4.79 Å². The highest BCUT2D eigenvalue weighted by Gasteiger charge is 2.44. The van der Waals surface area contributed by atoms with Gasteiger partial charge in [-0.1, -0.05) is 30.3 Å². The molecule has 8 heteroatoms. The highest BCUT2D eigenvalue weighted by Crippen LogP contribution is 2.40. The van der Waals surface area contributed by atoms with Gasteiger partial charge in [-0.25, -0.2) is 9.18 Å². The predicted octanol–water partition coefficient (Wildman–Crippen LogP) is 5.58. The molecule has 2 fully saturated rings. The second kappa shape index (κ2) is 9.63. The number of nitrogens with zero attached hydrogens (tertiary/aromatic N) is 1. The van der Waals surface area contributed by atoms with Crippen LogP contribution in [0.15, 0.2) is 48.5 Å². The van der Waals surface area contributed by atoms with Crippen LogP contribution in [0.5, 0.6) is 5.75 Å². The summed E-state index contributed by atoms with van der Waals surface area (Å²) in [5, 5.41) is 0. The van der Waals surface area contributed by atoms with E-state index in [1.165, 1.54) is 6.07 Å². The molecule has 0 spiro atoms. The fourth-order valence-corrected chi connectivity index (χ4v) is 4.80. The number of carbonyl (C=O) groups excluding carboxylic acids is 2. The summed E-state index contributed by atoms with van der Waals surface area (Å²) in [5.74, 6) is -2.05. The average Bonchev–Trinajstić information content (AvgIpc) is 2.76. The van der Waals surface area contributed by atoms with Crippen molar-refractivity contribution < 1.29 is 32.2 Å². The van der Waals surface area contributed by atoms with Crippen LogP contribution in [0, 0.1) is 11.7 Å². The fraction of sp³-hybridized carbons (Fsp3) is 0.417. The number of Topliss-reactive ketones (excluding diaryl/α,β-unsaturated/α-hetero) is 1. The minimum absolute atomic E-state index is 0.0603. The number of ketones is 1. The van der Waals surface area contributed by atoms with Crippen molar-refractivity contribution >= 4 is 11.9 Å². The van der Waals surface area contributed by atoms with Gasteiger partial charge in [-0.15, -0.1) is 0 Å². The monoisotopic (exact) mass is 447 g/mol. The van der Waals surface area contributed by atoms with E-state index >= 15 is 0 Å². The summed E-state index contributed by atoms with van der Waals surface area (Å²) in [6.45, 7) is -2.99. The van der Waals surface area contributed by atoms with E-state index in [0.717, 1.165) is 37.0 Å². The van der Waals surface area contributed by atoms with Crippen molar-refractivity contribution in [2.24, 2.45) is 5.92 Å². The molecule has 2 aliphatic rings. The van der Waals surface area contributed by atoms with Gasteiger partial charge in [0.15, 0.2) is 5.78 Å². The van der Waals surface area contributed by atoms with E-state index in [0.29, 0.717) is 12.8 Å². The number of carbonyl (C=O) groups is 2. The Morgan fingerprint density at radius 2 is 1.72 bits per heavy atom. The first-order valence-corrected chi connectivity index (χ1v) is 10.7. The number of hydrogen-bond acceptors (Lipinski definition) is 4. The van der Waals surface area contributed by atoms with E-state index in [4.69, 9.17) is 4.74 Å². The summed E-state index contributed by atoms with van der Waals surface area (Å²) in [6.07, 6.45) is 2.82. The van der Waals surface area contributed by atoms with Gasteiger partial charge >= 0.3 is 12.7 Å². The standard InChI is InChI=1S/C24H24F3NO4/c25-17-9-10-20(21(13-17)32-23(26)27)22(29)16-11-18-7-4-8-19(12-16)28(18)24(30)31-14-15-5-2-1-3-6-15/h1-3,5-6,9-10,13,16,18-19,23H,4,7-8,11-12,14H2. The molecule has 2 atom stereocenters. The molecule has 2 unspecified atom stereocenters. The first-order chi connectivity index (χ1) is 15.4. The number of hydrogen-bond donors (Lipinski definition) is 0. The van der Waals surface area contributed by atoms with Crippen LogP contribution >= 0.6 is 0 Å². The number of alkyl halides is 2. The average molecular weight is 447 g/mol. The number of amides is 1. The second-order valence-corrected chi connectivity index (χ2v) is 8.24. The Hall–Kier alpha value is -3.03. The van der Waals surface area contributed by atoms with Gasteiger partial charge in [0.05, 0.1) is 5.56 Å². The molecule has 2 aromatic rings. The normalized spacial score (nSPS) is 22.5. The Morgan fingerprint density at radius 1 is 1.03 bits per heavy atom. The predicted molar refractivity (Wildman–Crippen MR) is 110 cm³/mol. The van der Waals surface area contributed by atoms with Crippen LogP contribution in [0.3, 0.4) is 0 Å². The Bertz CT molecular complexity index is 955. The van der Waals surface area contributed by atoms with E-state index in [1.807, 2.05) is 30.3 Å². The molecule has 5 nitrogen and oxygen atoms in total. The zero-order valence-electron chi connectivity index (χ0n) is 17.4. The highest BCUT2D eigenvalue weighted by atomic mass is 19.3. The van der Waals surface area contributed by atoms with Gasteiger partial charge in [0.2, 0.25) is 0 Å². The molecule has 2 heterocycles. The molecule has 0 radical (unpaired) electrons. The molecule has 0 aliphatic carbocycles. The lowest BCUT2D eigenvalue weighted by atomic mass is 9.75. The molecule has 2 bridgehead atoms. The minimum Gasteiger partial charge on any atom is -0.445 e. The van der Waals surface area contributed by atoms with Gasteiger partial charge in [0, 0.05) is 24.1 Å². The lowest BCUT2D eigenvalue weighted by Gasteiger charge is -2.47. The maximum absolute atomic E-state index is 13.5. The summed E-state index contributed by atoms with van der Waals surface area (Å²) in [7, 11) is 0. The van der Waals surface area contributed by atoms with Gasteiger partial charge in [0.25, 0.3) is 0 Å². The Morgan fingerprint density at radius 3 is 2.38 bits per heavy atom. The zero-order chi connectivity index (χ0) is 22.7. The van der Waals surface area contributed by atoms with Crippen LogP contribution in [0.2, 0.25) is 0 Å². The van der Waals surface area contributed by atoms with Gasteiger partial charge in [-0.05, 0) is 49.8 Å². The summed E-state index contributed by atoms with van der Waals surface area (Å²) in [5.41, 5.74) is 0.828. The smallest absolute Gasteiger partial charge is 0.410 e. The molecule has 2 saturated heterocycles. The first-order valence-electron chi connectivity index (χ1n) is 10.7.